The lowest BCUT2D eigenvalue weighted by Crippen LogP contribution is -2.53. The quantitative estimate of drug-likeness (QED) is 0.311. The zero-order valence-electron chi connectivity index (χ0n) is 23.8. The molecule has 1 unspecified atom stereocenters. The van der Waals surface area contributed by atoms with E-state index < -0.39 is 28.5 Å². The van der Waals surface area contributed by atoms with E-state index in [4.69, 9.17) is 11.6 Å². The maximum Gasteiger partial charge on any atom is 0.264 e. The van der Waals surface area contributed by atoms with Crippen LogP contribution >= 0.6 is 11.6 Å². The Hall–Kier alpha value is -3.36. The van der Waals surface area contributed by atoms with Gasteiger partial charge in [0.25, 0.3) is 10.0 Å². The standard InChI is InChI=1S/C32H38ClN3O4S/c1-23-12-16-26(17-13-23)21-35(25(3)32(38)34-28-9-5-4-6-10-28)31(37)22-36(29-11-7-8-27(33)20-29)41(39,40)30-18-14-24(2)15-19-30/h7-8,11-20,25,28H,4-6,9-10,21-22H2,1-3H3,(H,34,38). The second-order valence-electron chi connectivity index (χ2n) is 10.8. The van der Waals surface area contributed by atoms with E-state index in [9.17, 15) is 18.0 Å². The molecule has 4 rings (SSSR count). The van der Waals surface area contributed by atoms with Crippen molar-refractivity contribution in [3.63, 3.8) is 0 Å². The minimum Gasteiger partial charge on any atom is -0.352 e. The van der Waals surface area contributed by atoms with E-state index in [1.165, 1.54) is 23.1 Å². The first-order chi connectivity index (χ1) is 19.5. The highest BCUT2D eigenvalue weighted by Crippen LogP contribution is 2.27. The molecule has 0 aromatic heterocycles. The summed E-state index contributed by atoms with van der Waals surface area (Å²) in [5, 5.41) is 3.46. The lowest BCUT2D eigenvalue weighted by molar-refractivity contribution is -0.139. The summed E-state index contributed by atoms with van der Waals surface area (Å²) in [6.07, 6.45) is 5.13. The number of anilines is 1. The topological polar surface area (TPSA) is 86.8 Å². The van der Waals surface area contributed by atoms with Crippen molar-refractivity contribution in [2.75, 3.05) is 10.8 Å². The van der Waals surface area contributed by atoms with E-state index in [0.717, 1.165) is 53.1 Å². The molecule has 1 atom stereocenters. The van der Waals surface area contributed by atoms with Gasteiger partial charge >= 0.3 is 0 Å². The molecule has 1 N–H and O–H groups in total. The number of rotatable bonds is 10. The van der Waals surface area contributed by atoms with Gasteiger partial charge in [-0.2, -0.15) is 0 Å². The predicted octanol–water partition coefficient (Wildman–Crippen LogP) is 6.02. The Morgan fingerprint density at radius 2 is 1.54 bits per heavy atom. The molecule has 0 spiro atoms. The molecule has 218 valence electrons. The highest BCUT2D eigenvalue weighted by atomic mass is 35.5. The summed E-state index contributed by atoms with van der Waals surface area (Å²) >= 11 is 6.24. The van der Waals surface area contributed by atoms with E-state index in [1.807, 2.05) is 38.1 Å². The average molecular weight is 596 g/mol. The van der Waals surface area contributed by atoms with E-state index in [1.54, 1.807) is 37.3 Å². The summed E-state index contributed by atoms with van der Waals surface area (Å²) in [5.41, 5.74) is 3.10. The lowest BCUT2D eigenvalue weighted by Gasteiger charge is -2.33. The van der Waals surface area contributed by atoms with Gasteiger partial charge in [0, 0.05) is 17.6 Å². The van der Waals surface area contributed by atoms with Crippen LogP contribution in [0.3, 0.4) is 0 Å². The third-order valence-electron chi connectivity index (χ3n) is 7.58. The number of carbonyl (C=O) groups excluding carboxylic acids is 2. The molecule has 3 aromatic rings. The van der Waals surface area contributed by atoms with Crippen LogP contribution < -0.4 is 9.62 Å². The van der Waals surface area contributed by atoms with Crippen LogP contribution in [-0.2, 0) is 26.2 Å². The van der Waals surface area contributed by atoms with Crippen LogP contribution in [0.4, 0.5) is 5.69 Å². The predicted molar refractivity (Wildman–Crippen MR) is 163 cm³/mol. The molecule has 2 amide bonds. The number of nitrogens with one attached hydrogen (secondary N) is 1. The highest BCUT2D eigenvalue weighted by Gasteiger charge is 2.33. The van der Waals surface area contributed by atoms with Crippen LogP contribution in [0, 0.1) is 13.8 Å². The van der Waals surface area contributed by atoms with E-state index >= 15 is 0 Å². The molecule has 1 saturated carbocycles. The molecule has 1 fully saturated rings. The second-order valence-corrected chi connectivity index (χ2v) is 13.1. The Balaban J connectivity index is 1.67. The van der Waals surface area contributed by atoms with Gasteiger partial charge < -0.3 is 10.2 Å². The largest absolute Gasteiger partial charge is 0.352 e. The smallest absolute Gasteiger partial charge is 0.264 e. The minimum atomic E-state index is -4.14. The average Bonchev–Trinajstić information content (AvgIpc) is 2.95. The molecule has 1 aliphatic rings. The summed E-state index contributed by atoms with van der Waals surface area (Å²) in [4.78, 5) is 29.0. The molecule has 1 aliphatic carbocycles. The number of aryl methyl sites for hydroxylation is 2. The monoisotopic (exact) mass is 595 g/mol. The molecule has 0 saturated heterocycles. The van der Waals surface area contributed by atoms with Crippen LogP contribution in [0.25, 0.3) is 0 Å². The number of sulfonamides is 1. The van der Waals surface area contributed by atoms with Crippen molar-refractivity contribution in [3.8, 4) is 0 Å². The SMILES string of the molecule is Cc1ccc(CN(C(=O)CN(c2cccc(Cl)c2)S(=O)(=O)c2ccc(C)cc2)C(C)C(=O)NC2CCCCC2)cc1. The lowest BCUT2D eigenvalue weighted by atomic mass is 9.95. The van der Waals surface area contributed by atoms with Gasteiger partial charge in [-0.3, -0.25) is 13.9 Å². The van der Waals surface area contributed by atoms with Gasteiger partial charge in [0.2, 0.25) is 11.8 Å². The zero-order chi connectivity index (χ0) is 29.6. The van der Waals surface area contributed by atoms with Crippen molar-refractivity contribution in [1.82, 2.24) is 10.2 Å². The Morgan fingerprint density at radius 3 is 2.15 bits per heavy atom. The zero-order valence-corrected chi connectivity index (χ0v) is 25.4. The highest BCUT2D eigenvalue weighted by molar-refractivity contribution is 7.92. The van der Waals surface area contributed by atoms with Crippen molar-refractivity contribution in [1.29, 1.82) is 0 Å². The molecular weight excluding hydrogens is 558 g/mol. The third kappa shape index (κ3) is 7.89. The second kappa shape index (κ2) is 13.5. The van der Waals surface area contributed by atoms with Crippen molar-refractivity contribution in [2.24, 2.45) is 0 Å². The number of benzene rings is 3. The maximum atomic E-state index is 14.1. The number of halogens is 1. The molecule has 41 heavy (non-hydrogen) atoms. The fourth-order valence-electron chi connectivity index (χ4n) is 5.04. The number of hydrogen-bond acceptors (Lipinski definition) is 4. The Labute approximate surface area is 248 Å². The van der Waals surface area contributed by atoms with Crippen LogP contribution in [0.15, 0.2) is 77.7 Å². The first-order valence-corrected chi connectivity index (χ1v) is 15.9. The number of amides is 2. The maximum absolute atomic E-state index is 14.1. The van der Waals surface area contributed by atoms with Gasteiger partial charge in [-0.15, -0.1) is 0 Å². The fraction of sp³-hybridized carbons (Fsp3) is 0.375. The van der Waals surface area contributed by atoms with Gasteiger partial charge in [-0.25, -0.2) is 8.42 Å². The van der Waals surface area contributed by atoms with Gasteiger partial charge in [0.1, 0.15) is 12.6 Å². The van der Waals surface area contributed by atoms with Gasteiger partial charge in [-0.05, 0) is 69.5 Å². The Bertz CT molecular complexity index is 1450. The van der Waals surface area contributed by atoms with Crippen molar-refractivity contribution >= 4 is 39.1 Å². The summed E-state index contributed by atoms with van der Waals surface area (Å²) < 4.78 is 28.9. The van der Waals surface area contributed by atoms with E-state index in [0.29, 0.717) is 5.02 Å². The number of carbonyl (C=O) groups is 2. The fourth-order valence-corrected chi connectivity index (χ4v) is 6.63. The summed E-state index contributed by atoms with van der Waals surface area (Å²) in [7, 11) is -4.14. The van der Waals surface area contributed by atoms with Gasteiger partial charge in [0.05, 0.1) is 10.6 Å². The van der Waals surface area contributed by atoms with Gasteiger partial charge in [-0.1, -0.05) is 84.5 Å². The van der Waals surface area contributed by atoms with Crippen molar-refractivity contribution < 1.29 is 18.0 Å². The molecule has 0 bridgehead atoms. The first-order valence-electron chi connectivity index (χ1n) is 14.0. The summed E-state index contributed by atoms with van der Waals surface area (Å²) in [6, 6.07) is 19.9. The number of nitrogens with zero attached hydrogens (tertiary/aromatic N) is 2. The van der Waals surface area contributed by atoms with E-state index in [-0.39, 0.29) is 29.1 Å². The Kier molecular flexibility index (Phi) is 10.1. The van der Waals surface area contributed by atoms with Crippen molar-refractivity contribution in [2.45, 2.75) is 76.4 Å². The van der Waals surface area contributed by atoms with Crippen LogP contribution in [0.1, 0.15) is 55.7 Å². The van der Waals surface area contributed by atoms with Gasteiger partial charge in [0.15, 0.2) is 0 Å². The normalized spacial score (nSPS) is 14.7. The van der Waals surface area contributed by atoms with Crippen LogP contribution in [-0.4, -0.2) is 43.8 Å². The molecule has 7 nitrogen and oxygen atoms in total. The minimum absolute atomic E-state index is 0.0593. The van der Waals surface area contributed by atoms with Crippen LogP contribution in [0.5, 0.6) is 0 Å². The van der Waals surface area contributed by atoms with Crippen LogP contribution in [0.2, 0.25) is 5.02 Å². The molecule has 0 aliphatic heterocycles. The van der Waals surface area contributed by atoms with Crippen molar-refractivity contribution in [3.05, 3.63) is 94.5 Å². The molecule has 0 radical (unpaired) electrons. The summed E-state index contributed by atoms with van der Waals surface area (Å²) in [5.74, 6) is -0.736. The number of hydrogen-bond donors (Lipinski definition) is 1. The molecule has 3 aromatic carbocycles. The van der Waals surface area contributed by atoms with E-state index in [2.05, 4.69) is 5.32 Å². The molecule has 9 heteroatoms. The summed E-state index contributed by atoms with van der Waals surface area (Å²) in [6.45, 7) is 5.21. The third-order valence-corrected chi connectivity index (χ3v) is 9.60. The molecular formula is C32H38ClN3O4S. The Morgan fingerprint density at radius 1 is 0.927 bits per heavy atom. The molecule has 0 heterocycles. The first kappa shape index (κ1) is 30.6.